The van der Waals surface area contributed by atoms with Crippen LogP contribution >= 0.6 is 23.2 Å². The van der Waals surface area contributed by atoms with E-state index in [2.05, 4.69) is 5.16 Å². The molecule has 1 aliphatic rings. The summed E-state index contributed by atoms with van der Waals surface area (Å²) in [4.78, 5) is 16.0. The topological polar surface area (TPSA) is 58.9 Å². The number of oxime groups is 1. The Morgan fingerprint density at radius 3 is 2.29 bits per heavy atom. The summed E-state index contributed by atoms with van der Waals surface area (Å²) in [5, 5.41) is 12.8. The molecular weight excluding hydrogens is 417 g/mol. The van der Waals surface area contributed by atoms with Gasteiger partial charge < -0.3 is 9.94 Å². The minimum absolute atomic E-state index is 0. The molecule has 2 aromatic rings. The van der Waals surface area contributed by atoms with Gasteiger partial charge in [0.05, 0.1) is 11.3 Å². The zero-order chi connectivity index (χ0) is 20.0. The molecule has 1 heterocycles. The number of hydrogen-bond donors (Lipinski definition) is 1. The molecule has 0 amide bonds. The number of rotatable bonds is 3. The molecule has 1 N–H and O–H groups in total. The molecule has 4 nitrogen and oxygen atoms in total. The van der Waals surface area contributed by atoms with Crippen molar-refractivity contribution in [1.82, 2.24) is 0 Å². The number of aromatic carboxylic acids is 1. The Bertz CT molecular complexity index is 945. The van der Waals surface area contributed by atoms with Gasteiger partial charge in [0.15, 0.2) is 0 Å². The summed E-state index contributed by atoms with van der Waals surface area (Å²) >= 11 is 11.7. The maximum atomic E-state index is 13.9. The Morgan fingerprint density at radius 1 is 1.18 bits per heavy atom. The molecule has 0 bridgehead atoms. The lowest BCUT2D eigenvalue weighted by Crippen LogP contribution is -2.42. The van der Waals surface area contributed by atoms with E-state index in [4.69, 9.17) is 33.1 Å². The molecule has 0 saturated heterocycles. The van der Waals surface area contributed by atoms with E-state index in [1.54, 1.807) is 6.92 Å². The maximum absolute atomic E-state index is 13.9. The van der Waals surface area contributed by atoms with Crippen LogP contribution in [0.5, 0.6) is 0 Å². The quantitative estimate of drug-likeness (QED) is 0.683. The van der Waals surface area contributed by atoms with E-state index < -0.39 is 24.2 Å². The Labute approximate surface area is 170 Å². The molecule has 2 aromatic carbocycles. The zero-order valence-corrected chi connectivity index (χ0v) is 15.9. The van der Waals surface area contributed by atoms with Crippen molar-refractivity contribution in [3.63, 3.8) is 0 Å². The number of alkyl halides is 3. The van der Waals surface area contributed by atoms with Crippen molar-refractivity contribution in [3.8, 4) is 0 Å². The van der Waals surface area contributed by atoms with Gasteiger partial charge in [-0.05, 0) is 48.4 Å². The molecule has 3 radical (unpaired) electrons. The summed E-state index contributed by atoms with van der Waals surface area (Å²) in [6.07, 6.45) is -5.39. The van der Waals surface area contributed by atoms with Crippen molar-refractivity contribution in [1.29, 1.82) is 0 Å². The molecule has 28 heavy (non-hydrogen) atoms. The average Bonchev–Trinajstić information content (AvgIpc) is 3.00. The molecule has 145 valence electrons. The summed E-state index contributed by atoms with van der Waals surface area (Å²) < 4.78 is 41.8. The van der Waals surface area contributed by atoms with Gasteiger partial charge in [-0.3, -0.25) is 0 Å². The van der Waals surface area contributed by atoms with Crippen molar-refractivity contribution in [2.75, 3.05) is 0 Å². The lowest BCUT2D eigenvalue weighted by atomic mass is 9.86. The van der Waals surface area contributed by atoms with E-state index in [0.717, 1.165) is 12.1 Å². The van der Waals surface area contributed by atoms with Gasteiger partial charge in [-0.15, -0.1) is 0 Å². The third-order valence-electron chi connectivity index (χ3n) is 4.30. The lowest BCUT2D eigenvalue weighted by molar-refractivity contribution is -0.275. The highest BCUT2D eigenvalue weighted by molar-refractivity contribution is 6.34. The fraction of sp³-hybridized carbons (Fsp3) is 0.222. The molecule has 0 spiro atoms. The molecule has 1 aliphatic heterocycles. The van der Waals surface area contributed by atoms with Crippen LogP contribution in [-0.2, 0) is 10.4 Å². The number of carboxylic acid groups (broad SMARTS) is 1. The summed E-state index contributed by atoms with van der Waals surface area (Å²) in [5.74, 6) is -1.12. The number of benzene rings is 2. The van der Waals surface area contributed by atoms with Gasteiger partial charge >= 0.3 is 12.1 Å². The van der Waals surface area contributed by atoms with Crippen LogP contribution in [0.25, 0.3) is 0 Å². The van der Waals surface area contributed by atoms with Crippen LogP contribution in [0.2, 0.25) is 10.0 Å². The van der Waals surface area contributed by atoms with Gasteiger partial charge in [0.1, 0.15) is 0 Å². The fourth-order valence-corrected chi connectivity index (χ4v) is 3.45. The van der Waals surface area contributed by atoms with Crippen LogP contribution in [0.1, 0.15) is 33.5 Å². The van der Waals surface area contributed by atoms with Gasteiger partial charge in [-0.1, -0.05) is 34.4 Å². The molecule has 10 heteroatoms. The number of nitrogens with zero attached hydrogens (tertiary/aromatic N) is 1. The lowest BCUT2D eigenvalue weighted by Gasteiger charge is -2.29. The van der Waals surface area contributed by atoms with Gasteiger partial charge in [0, 0.05) is 30.4 Å². The highest BCUT2D eigenvalue weighted by atomic mass is 35.5. The first-order valence-electron chi connectivity index (χ1n) is 7.66. The molecule has 1 atom stereocenters. The van der Waals surface area contributed by atoms with Crippen LogP contribution in [-0.4, -0.2) is 31.4 Å². The normalized spacial score (nSPS) is 18.9. The average molecular weight is 429 g/mol. The van der Waals surface area contributed by atoms with Crippen LogP contribution in [0.15, 0.2) is 41.6 Å². The molecule has 0 fully saturated rings. The van der Waals surface area contributed by atoms with Crippen LogP contribution < -0.4 is 0 Å². The van der Waals surface area contributed by atoms with Crippen molar-refractivity contribution in [3.05, 3.63) is 68.7 Å². The third-order valence-corrected chi connectivity index (χ3v) is 4.74. The predicted molar refractivity (Wildman–Crippen MR) is 100 cm³/mol. The molecule has 3 rings (SSSR count). The number of aryl methyl sites for hydroxylation is 1. The van der Waals surface area contributed by atoms with E-state index in [-0.39, 0.29) is 35.3 Å². The summed E-state index contributed by atoms with van der Waals surface area (Å²) in [7, 11) is 0. The van der Waals surface area contributed by atoms with Crippen molar-refractivity contribution in [2.24, 2.45) is 5.16 Å². The molecular formula is C18H12BCl2F3NO3. The van der Waals surface area contributed by atoms with E-state index in [9.17, 15) is 18.0 Å². The zero-order valence-electron chi connectivity index (χ0n) is 14.3. The minimum atomic E-state index is -4.79. The summed E-state index contributed by atoms with van der Waals surface area (Å²) in [6, 6.07) is 7.77. The summed E-state index contributed by atoms with van der Waals surface area (Å²) in [5.41, 5.74) is -2.14. The first kappa shape index (κ1) is 22.1. The first-order chi connectivity index (χ1) is 12.5. The van der Waals surface area contributed by atoms with E-state index in [1.165, 1.54) is 24.3 Å². The number of carboxylic acids is 1. The monoisotopic (exact) mass is 428 g/mol. The predicted octanol–water partition coefficient (Wildman–Crippen LogP) is 5.20. The second kappa shape index (κ2) is 7.68. The smallest absolute Gasteiger partial charge is 0.435 e. The van der Waals surface area contributed by atoms with E-state index in [1.807, 2.05) is 0 Å². The Hall–Kier alpha value is -2.19. The highest BCUT2D eigenvalue weighted by Gasteiger charge is 2.62. The maximum Gasteiger partial charge on any atom is 0.435 e. The number of carbonyl (C=O) groups is 1. The second-order valence-corrected chi connectivity index (χ2v) is 7.00. The van der Waals surface area contributed by atoms with Gasteiger partial charge in [-0.2, -0.15) is 13.2 Å². The van der Waals surface area contributed by atoms with Gasteiger partial charge in [0.25, 0.3) is 5.60 Å². The first-order valence-corrected chi connectivity index (χ1v) is 8.42. The minimum Gasteiger partial charge on any atom is -0.478 e. The van der Waals surface area contributed by atoms with Gasteiger partial charge in [-0.25, -0.2) is 4.79 Å². The van der Waals surface area contributed by atoms with Gasteiger partial charge in [0.2, 0.25) is 0 Å². The van der Waals surface area contributed by atoms with Crippen LogP contribution in [0.3, 0.4) is 0 Å². The molecule has 1 unspecified atom stereocenters. The van der Waals surface area contributed by atoms with Crippen LogP contribution in [0.4, 0.5) is 13.2 Å². The fourth-order valence-electron chi connectivity index (χ4n) is 2.93. The van der Waals surface area contributed by atoms with Crippen LogP contribution in [0, 0.1) is 6.92 Å². The largest absolute Gasteiger partial charge is 0.478 e. The molecule has 0 saturated carbocycles. The van der Waals surface area contributed by atoms with Crippen molar-refractivity contribution in [2.45, 2.75) is 25.1 Å². The molecule has 0 aromatic heterocycles. The molecule has 0 aliphatic carbocycles. The summed E-state index contributed by atoms with van der Waals surface area (Å²) in [6.45, 7) is 1.55. The second-order valence-electron chi connectivity index (χ2n) is 6.12. The number of halogens is 5. The highest BCUT2D eigenvalue weighted by Crippen LogP contribution is 2.49. The van der Waals surface area contributed by atoms with Crippen molar-refractivity contribution >= 4 is 43.3 Å². The van der Waals surface area contributed by atoms with E-state index >= 15 is 0 Å². The van der Waals surface area contributed by atoms with E-state index in [0.29, 0.717) is 11.1 Å². The SMILES string of the molecule is Cc1cc(C2=NOC(c3cc(Cl)cc(Cl)c3)(C(F)(F)F)C2)ccc1C(=O)O.[B]. The third kappa shape index (κ3) is 3.84. The standard InChI is InChI=1S/C18H12Cl2F3NO3.B/c1-9-4-10(2-3-14(9)16(25)26)15-8-17(27-24-15,18(21,22)23)11-5-12(19)7-13(20)6-11;/h2-7H,8H2,1H3,(H,25,26);. The Balaban J connectivity index is 0.00000280. The Morgan fingerprint density at radius 2 is 1.79 bits per heavy atom. The number of hydrogen-bond acceptors (Lipinski definition) is 3. The Kier molecular flexibility index (Phi) is 6.06. The van der Waals surface area contributed by atoms with Crippen molar-refractivity contribution < 1.29 is 27.9 Å².